The third kappa shape index (κ3) is 1.77. The number of rotatable bonds is 3. The second-order valence-electron chi connectivity index (χ2n) is 4.13. The third-order valence-electron chi connectivity index (χ3n) is 3.04. The molecule has 0 bridgehead atoms. The van der Waals surface area contributed by atoms with E-state index in [-0.39, 0.29) is 0 Å². The minimum Gasteiger partial charge on any atom is -0.496 e. The van der Waals surface area contributed by atoms with Crippen molar-refractivity contribution >= 4 is 5.82 Å². The first kappa shape index (κ1) is 12.3. The molecule has 1 aromatic carbocycles. The highest BCUT2D eigenvalue weighted by Gasteiger charge is 2.19. The predicted octanol–water partition coefficient (Wildman–Crippen LogP) is 2.29. The van der Waals surface area contributed by atoms with E-state index in [4.69, 9.17) is 15.2 Å². The van der Waals surface area contributed by atoms with Crippen LogP contribution in [0.25, 0.3) is 11.1 Å². The molecular formula is C13H17N3O2. The van der Waals surface area contributed by atoms with E-state index in [1.54, 1.807) is 20.4 Å². The lowest BCUT2D eigenvalue weighted by atomic mass is 9.97. The molecule has 18 heavy (non-hydrogen) atoms. The van der Waals surface area contributed by atoms with E-state index in [9.17, 15) is 0 Å². The Morgan fingerprint density at radius 3 is 2.44 bits per heavy atom. The van der Waals surface area contributed by atoms with Crippen LogP contribution in [0.1, 0.15) is 11.1 Å². The molecule has 0 fully saturated rings. The molecule has 0 aliphatic rings. The molecule has 1 heterocycles. The summed E-state index contributed by atoms with van der Waals surface area (Å²) in [4.78, 5) is 0. The Hall–Kier alpha value is -2.17. The number of hydrogen-bond acceptors (Lipinski definition) is 4. The number of aromatic nitrogens is 2. The second-order valence-corrected chi connectivity index (χ2v) is 4.13. The summed E-state index contributed by atoms with van der Waals surface area (Å²) in [5.41, 5.74) is 9.61. The summed E-state index contributed by atoms with van der Waals surface area (Å²) in [5, 5.41) is 6.69. The number of anilines is 1. The number of benzene rings is 1. The number of ether oxygens (including phenoxy) is 2. The van der Waals surface area contributed by atoms with Crippen molar-refractivity contribution in [3.8, 4) is 22.6 Å². The lowest BCUT2D eigenvalue weighted by molar-refractivity contribution is 0.399. The molecule has 1 aromatic heterocycles. The number of nitrogen functional groups attached to an aromatic ring is 1. The number of aromatic amines is 1. The SMILES string of the molecule is COc1cc(C)c(OC)c(-c2cn[nH]c2N)c1C. The van der Waals surface area contributed by atoms with Crippen molar-refractivity contribution < 1.29 is 9.47 Å². The van der Waals surface area contributed by atoms with Crippen LogP contribution in [-0.4, -0.2) is 24.4 Å². The first-order valence-corrected chi connectivity index (χ1v) is 5.61. The first-order chi connectivity index (χ1) is 8.60. The van der Waals surface area contributed by atoms with Gasteiger partial charge in [-0.15, -0.1) is 0 Å². The normalized spacial score (nSPS) is 10.4. The molecule has 0 unspecified atom stereocenters. The lowest BCUT2D eigenvalue weighted by Crippen LogP contribution is -1.99. The smallest absolute Gasteiger partial charge is 0.130 e. The van der Waals surface area contributed by atoms with E-state index in [0.29, 0.717) is 5.82 Å². The monoisotopic (exact) mass is 247 g/mol. The second kappa shape index (κ2) is 4.60. The third-order valence-corrected chi connectivity index (χ3v) is 3.04. The molecule has 2 aromatic rings. The Morgan fingerprint density at radius 1 is 1.22 bits per heavy atom. The molecule has 5 nitrogen and oxygen atoms in total. The summed E-state index contributed by atoms with van der Waals surface area (Å²) in [5.74, 6) is 2.12. The summed E-state index contributed by atoms with van der Waals surface area (Å²) >= 11 is 0. The van der Waals surface area contributed by atoms with Gasteiger partial charge < -0.3 is 15.2 Å². The quantitative estimate of drug-likeness (QED) is 0.872. The van der Waals surface area contributed by atoms with Gasteiger partial charge in [0.05, 0.1) is 20.4 Å². The zero-order valence-electron chi connectivity index (χ0n) is 11.0. The summed E-state index contributed by atoms with van der Waals surface area (Å²) in [6.07, 6.45) is 1.69. The molecule has 3 N–H and O–H groups in total. The molecule has 0 amide bonds. The van der Waals surface area contributed by atoms with Crippen LogP contribution in [0.4, 0.5) is 5.82 Å². The van der Waals surface area contributed by atoms with Gasteiger partial charge in [-0.1, -0.05) is 0 Å². The number of hydrogen-bond donors (Lipinski definition) is 2. The van der Waals surface area contributed by atoms with Gasteiger partial charge in [-0.25, -0.2) is 0 Å². The Labute approximate surface area is 106 Å². The fourth-order valence-corrected chi connectivity index (χ4v) is 2.16. The molecule has 0 radical (unpaired) electrons. The van der Waals surface area contributed by atoms with E-state index in [2.05, 4.69) is 10.2 Å². The van der Waals surface area contributed by atoms with Crippen LogP contribution < -0.4 is 15.2 Å². The number of nitrogens with two attached hydrogens (primary N) is 1. The molecule has 5 heteroatoms. The first-order valence-electron chi connectivity index (χ1n) is 5.61. The van der Waals surface area contributed by atoms with Gasteiger partial charge in [-0.3, -0.25) is 5.10 Å². The van der Waals surface area contributed by atoms with Crippen LogP contribution >= 0.6 is 0 Å². The van der Waals surface area contributed by atoms with Crippen molar-refractivity contribution in [2.24, 2.45) is 0 Å². The summed E-state index contributed by atoms with van der Waals surface area (Å²) in [6.45, 7) is 3.95. The zero-order valence-corrected chi connectivity index (χ0v) is 11.0. The maximum Gasteiger partial charge on any atom is 0.130 e. The lowest BCUT2D eigenvalue weighted by Gasteiger charge is -2.16. The van der Waals surface area contributed by atoms with Crippen molar-refractivity contribution in [1.29, 1.82) is 0 Å². The topological polar surface area (TPSA) is 73.2 Å². The van der Waals surface area contributed by atoms with Crippen molar-refractivity contribution in [3.05, 3.63) is 23.4 Å². The number of nitrogens with zero attached hydrogens (tertiary/aromatic N) is 1. The molecule has 0 saturated carbocycles. The molecule has 96 valence electrons. The Morgan fingerprint density at radius 2 is 1.94 bits per heavy atom. The standard InChI is InChI=1S/C13H17N3O2/c1-7-5-10(17-3)8(2)11(12(7)18-4)9-6-15-16-13(9)14/h5-6H,1-4H3,(H3,14,15,16). The Balaban J connectivity index is 2.78. The van der Waals surface area contributed by atoms with E-state index < -0.39 is 0 Å². The maximum atomic E-state index is 5.89. The Bertz CT molecular complexity index is 576. The number of aryl methyl sites for hydroxylation is 1. The summed E-state index contributed by atoms with van der Waals surface area (Å²) in [6, 6.07) is 1.95. The van der Waals surface area contributed by atoms with E-state index >= 15 is 0 Å². The number of nitrogens with one attached hydrogen (secondary N) is 1. The van der Waals surface area contributed by atoms with Crippen LogP contribution in [0.3, 0.4) is 0 Å². The summed E-state index contributed by atoms with van der Waals surface area (Å²) < 4.78 is 10.9. The van der Waals surface area contributed by atoms with Crippen LogP contribution in [0.5, 0.6) is 11.5 Å². The minimum absolute atomic E-state index is 0.518. The van der Waals surface area contributed by atoms with Gasteiger partial charge in [0.25, 0.3) is 0 Å². The summed E-state index contributed by atoms with van der Waals surface area (Å²) in [7, 11) is 3.30. The molecule has 0 spiro atoms. The number of methoxy groups -OCH3 is 2. The number of H-pyrrole nitrogens is 1. The van der Waals surface area contributed by atoms with Gasteiger partial charge in [-0.05, 0) is 25.5 Å². The van der Waals surface area contributed by atoms with Crippen molar-refractivity contribution in [3.63, 3.8) is 0 Å². The molecular weight excluding hydrogens is 230 g/mol. The zero-order chi connectivity index (χ0) is 13.3. The minimum atomic E-state index is 0.518. The Kier molecular flexibility index (Phi) is 3.14. The largest absolute Gasteiger partial charge is 0.496 e. The molecule has 0 aliphatic carbocycles. The van der Waals surface area contributed by atoms with Gasteiger partial charge in [0.1, 0.15) is 17.3 Å². The average molecular weight is 247 g/mol. The van der Waals surface area contributed by atoms with Gasteiger partial charge in [0.2, 0.25) is 0 Å². The van der Waals surface area contributed by atoms with Gasteiger partial charge in [0.15, 0.2) is 0 Å². The van der Waals surface area contributed by atoms with E-state index in [1.807, 2.05) is 19.9 Å². The van der Waals surface area contributed by atoms with Crippen LogP contribution in [-0.2, 0) is 0 Å². The highest BCUT2D eigenvalue weighted by Crippen LogP contribution is 2.42. The maximum absolute atomic E-state index is 5.89. The van der Waals surface area contributed by atoms with Crippen LogP contribution in [0.2, 0.25) is 0 Å². The van der Waals surface area contributed by atoms with Crippen molar-refractivity contribution in [1.82, 2.24) is 10.2 Å². The van der Waals surface area contributed by atoms with Crippen molar-refractivity contribution in [2.75, 3.05) is 20.0 Å². The fraction of sp³-hybridized carbons (Fsp3) is 0.308. The molecule has 0 saturated heterocycles. The highest BCUT2D eigenvalue weighted by molar-refractivity contribution is 5.83. The van der Waals surface area contributed by atoms with Crippen LogP contribution in [0, 0.1) is 13.8 Å². The van der Waals surface area contributed by atoms with Gasteiger partial charge in [0, 0.05) is 16.7 Å². The van der Waals surface area contributed by atoms with E-state index in [0.717, 1.165) is 33.8 Å². The predicted molar refractivity (Wildman–Crippen MR) is 71.0 cm³/mol. The van der Waals surface area contributed by atoms with Gasteiger partial charge in [-0.2, -0.15) is 5.10 Å². The highest BCUT2D eigenvalue weighted by atomic mass is 16.5. The molecule has 0 aliphatic heterocycles. The molecule has 2 rings (SSSR count). The fourth-order valence-electron chi connectivity index (χ4n) is 2.16. The molecule has 0 atom stereocenters. The van der Waals surface area contributed by atoms with Crippen molar-refractivity contribution in [2.45, 2.75) is 13.8 Å². The van der Waals surface area contributed by atoms with E-state index in [1.165, 1.54) is 0 Å². The average Bonchev–Trinajstić information content (AvgIpc) is 2.77. The van der Waals surface area contributed by atoms with Gasteiger partial charge >= 0.3 is 0 Å². The van der Waals surface area contributed by atoms with Crippen LogP contribution in [0.15, 0.2) is 12.3 Å².